The van der Waals surface area contributed by atoms with Crippen molar-refractivity contribution in [2.45, 2.75) is 51.6 Å². The summed E-state index contributed by atoms with van der Waals surface area (Å²) < 4.78 is 5.19. The molecule has 1 fully saturated rings. The third-order valence-corrected chi connectivity index (χ3v) is 3.95. The van der Waals surface area contributed by atoms with Crippen LogP contribution in [0.15, 0.2) is 30.3 Å². The molecule has 0 saturated heterocycles. The van der Waals surface area contributed by atoms with Gasteiger partial charge in [-0.25, -0.2) is 0 Å². The molecule has 0 aliphatic heterocycles. The van der Waals surface area contributed by atoms with Crippen LogP contribution in [0.3, 0.4) is 0 Å². The lowest BCUT2D eigenvalue weighted by atomic mass is 10.0. The Labute approximate surface area is 125 Å². The van der Waals surface area contributed by atoms with Gasteiger partial charge >= 0.3 is 5.97 Å². The molecule has 1 amide bonds. The maximum atomic E-state index is 11.9. The summed E-state index contributed by atoms with van der Waals surface area (Å²) in [5.41, 5.74) is 0.705. The molecule has 0 aromatic heterocycles. The summed E-state index contributed by atoms with van der Waals surface area (Å²) in [4.78, 5) is 23.7. The van der Waals surface area contributed by atoms with Gasteiger partial charge in [0.2, 0.25) is 0 Å². The average molecular weight is 289 g/mol. The van der Waals surface area contributed by atoms with Gasteiger partial charge in [0.25, 0.3) is 5.91 Å². The van der Waals surface area contributed by atoms with Gasteiger partial charge in [-0.15, -0.1) is 0 Å². The predicted molar refractivity (Wildman–Crippen MR) is 81.8 cm³/mol. The van der Waals surface area contributed by atoms with E-state index >= 15 is 0 Å². The number of rotatable bonds is 6. The van der Waals surface area contributed by atoms with E-state index in [9.17, 15) is 9.59 Å². The third kappa shape index (κ3) is 5.21. The summed E-state index contributed by atoms with van der Waals surface area (Å²) >= 11 is 0. The number of hydrogen-bond donors (Lipinski definition) is 1. The van der Waals surface area contributed by atoms with Crippen LogP contribution >= 0.6 is 0 Å². The average Bonchev–Trinajstić information content (AvgIpc) is 2.99. The number of esters is 1. The first kappa shape index (κ1) is 15.5. The monoisotopic (exact) mass is 289 g/mol. The van der Waals surface area contributed by atoms with Crippen molar-refractivity contribution in [3.05, 3.63) is 30.3 Å². The minimum Gasteiger partial charge on any atom is -0.453 e. The minimum atomic E-state index is -0.763. The summed E-state index contributed by atoms with van der Waals surface area (Å²) in [7, 11) is 0. The maximum absolute atomic E-state index is 11.9. The maximum Gasteiger partial charge on any atom is 0.306 e. The van der Waals surface area contributed by atoms with Gasteiger partial charge in [0.1, 0.15) is 0 Å². The van der Waals surface area contributed by atoms with E-state index in [0.717, 1.165) is 6.42 Å². The van der Waals surface area contributed by atoms with Crippen LogP contribution in [0.1, 0.15) is 45.4 Å². The van der Waals surface area contributed by atoms with Gasteiger partial charge in [-0.05, 0) is 31.4 Å². The summed E-state index contributed by atoms with van der Waals surface area (Å²) in [5.74, 6) is 0.0824. The van der Waals surface area contributed by atoms with Crippen molar-refractivity contribution in [1.29, 1.82) is 0 Å². The first-order valence-electron chi connectivity index (χ1n) is 7.70. The van der Waals surface area contributed by atoms with Crippen LogP contribution in [0.2, 0.25) is 0 Å². The van der Waals surface area contributed by atoms with E-state index in [2.05, 4.69) is 5.32 Å². The molecule has 1 atom stereocenters. The van der Waals surface area contributed by atoms with Crippen molar-refractivity contribution in [2.75, 3.05) is 5.32 Å². The van der Waals surface area contributed by atoms with Crippen molar-refractivity contribution in [1.82, 2.24) is 0 Å². The van der Waals surface area contributed by atoms with Crippen molar-refractivity contribution < 1.29 is 14.3 Å². The van der Waals surface area contributed by atoms with Crippen LogP contribution in [0.5, 0.6) is 0 Å². The Balaban J connectivity index is 1.70. The van der Waals surface area contributed by atoms with E-state index in [1.807, 2.05) is 18.2 Å². The highest BCUT2D eigenvalue weighted by molar-refractivity contribution is 5.95. The minimum absolute atomic E-state index is 0.280. The molecule has 1 aromatic carbocycles. The van der Waals surface area contributed by atoms with E-state index in [0.29, 0.717) is 18.0 Å². The van der Waals surface area contributed by atoms with Crippen molar-refractivity contribution in [2.24, 2.45) is 5.92 Å². The number of benzene rings is 1. The molecular weight excluding hydrogens is 266 g/mol. The Morgan fingerprint density at radius 2 is 1.90 bits per heavy atom. The van der Waals surface area contributed by atoms with Gasteiger partial charge in [-0.3, -0.25) is 9.59 Å². The molecule has 1 aliphatic carbocycles. The second kappa shape index (κ2) is 7.81. The van der Waals surface area contributed by atoms with Gasteiger partial charge in [0.15, 0.2) is 6.10 Å². The normalized spacial score (nSPS) is 16.4. The number of carbonyl (C=O) groups is 2. The van der Waals surface area contributed by atoms with Gasteiger partial charge in [-0.2, -0.15) is 0 Å². The van der Waals surface area contributed by atoms with Crippen LogP contribution in [-0.2, 0) is 14.3 Å². The lowest BCUT2D eigenvalue weighted by molar-refractivity contribution is -0.153. The highest BCUT2D eigenvalue weighted by Gasteiger charge is 2.20. The number of carbonyl (C=O) groups excluding carboxylic acids is 2. The molecule has 0 spiro atoms. The molecule has 21 heavy (non-hydrogen) atoms. The van der Waals surface area contributed by atoms with E-state index < -0.39 is 6.10 Å². The van der Waals surface area contributed by atoms with Gasteiger partial charge < -0.3 is 10.1 Å². The SMILES string of the molecule is C[C@@H](OC(=O)CCC1CCCC1)C(=O)Nc1ccccc1. The Bertz CT molecular complexity index is 466. The molecule has 1 N–H and O–H groups in total. The molecule has 4 heteroatoms. The van der Waals surface area contributed by atoms with Crippen molar-refractivity contribution in [3.8, 4) is 0 Å². The zero-order valence-electron chi connectivity index (χ0n) is 12.5. The van der Waals surface area contributed by atoms with Crippen molar-refractivity contribution >= 4 is 17.6 Å². The first-order chi connectivity index (χ1) is 10.1. The number of hydrogen-bond acceptors (Lipinski definition) is 3. The van der Waals surface area contributed by atoms with Crippen LogP contribution in [0.4, 0.5) is 5.69 Å². The fourth-order valence-corrected chi connectivity index (χ4v) is 2.70. The second-order valence-corrected chi connectivity index (χ2v) is 5.68. The van der Waals surface area contributed by atoms with Crippen LogP contribution < -0.4 is 5.32 Å². The smallest absolute Gasteiger partial charge is 0.306 e. The summed E-state index contributed by atoms with van der Waals surface area (Å²) in [6, 6.07) is 9.16. The highest BCUT2D eigenvalue weighted by atomic mass is 16.5. The zero-order valence-corrected chi connectivity index (χ0v) is 12.5. The fourth-order valence-electron chi connectivity index (χ4n) is 2.70. The molecule has 0 unspecified atom stereocenters. The van der Waals surface area contributed by atoms with Crippen LogP contribution in [0.25, 0.3) is 0 Å². The van der Waals surface area contributed by atoms with Crippen molar-refractivity contribution in [3.63, 3.8) is 0 Å². The fraction of sp³-hybridized carbons (Fsp3) is 0.529. The summed E-state index contributed by atoms with van der Waals surface area (Å²) in [6.45, 7) is 1.60. The molecule has 0 heterocycles. The van der Waals surface area contributed by atoms with E-state index in [4.69, 9.17) is 4.74 Å². The standard InChI is InChI=1S/C17H23NO3/c1-13(17(20)18-15-9-3-2-4-10-15)21-16(19)12-11-14-7-5-6-8-14/h2-4,9-10,13-14H,5-8,11-12H2,1H3,(H,18,20)/t13-/m1/s1. The largest absolute Gasteiger partial charge is 0.453 e. The molecular formula is C17H23NO3. The molecule has 2 rings (SSSR count). The lowest BCUT2D eigenvalue weighted by Crippen LogP contribution is -2.30. The predicted octanol–water partition coefficient (Wildman–Crippen LogP) is 3.53. The number of anilines is 1. The van der Waals surface area contributed by atoms with Gasteiger partial charge in [-0.1, -0.05) is 43.9 Å². The molecule has 1 saturated carbocycles. The zero-order chi connectivity index (χ0) is 15.1. The lowest BCUT2D eigenvalue weighted by Gasteiger charge is -2.14. The number of para-hydroxylation sites is 1. The first-order valence-corrected chi connectivity index (χ1v) is 7.70. The number of ether oxygens (including phenoxy) is 1. The molecule has 1 aromatic rings. The topological polar surface area (TPSA) is 55.4 Å². The molecule has 0 bridgehead atoms. The number of amides is 1. The highest BCUT2D eigenvalue weighted by Crippen LogP contribution is 2.28. The van der Waals surface area contributed by atoms with Crippen LogP contribution in [-0.4, -0.2) is 18.0 Å². The molecule has 4 nitrogen and oxygen atoms in total. The molecule has 1 aliphatic rings. The molecule has 114 valence electrons. The Kier molecular flexibility index (Phi) is 5.78. The Morgan fingerprint density at radius 3 is 2.57 bits per heavy atom. The van der Waals surface area contributed by atoms with E-state index in [1.54, 1.807) is 19.1 Å². The van der Waals surface area contributed by atoms with Crippen LogP contribution in [0, 0.1) is 5.92 Å². The summed E-state index contributed by atoms with van der Waals surface area (Å²) in [6.07, 6.45) is 5.51. The number of nitrogens with one attached hydrogen (secondary N) is 1. The second-order valence-electron chi connectivity index (χ2n) is 5.68. The third-order valence-electron chi connectivity index (χ3n) is 3.95. The van der Waals surface area contributed by atoms with Gasteiger partial charge in [0, 0.05) is 12.1 Å². The van der Waals surface area contributed by atoms with E-state index in [1.165, 1.54) is 25.7 Å². The summed E-state index contributed by atoms with van der Waals surface area (Å²) in [5, 5.41) is 2.73. The quantitative estimate of drug-likeness (QED) is 0.815. The molecule has 0 radical (unpaired) electrons. The Hall–Kier alpha value is -1.84. The van der Waals surface area contributed by atoms with Gasteiger partial charge in [0.05, 0.1) is 0 Å². The van der Waals surface area contributed by atoms with E-state index in [-0.39, 0.29) is 11.9 Å². The Morgan fingerprint density at radius 1 is 1.24 bits per heavy atom.